The van der Waals surface area contributed by atoms with Crippen molar-refractivity contribution in [1.82, 2.24) is 14.3 Å². The number of nitrogens with one attached hydrogen (secondary N) is 1. The Labute approximate surface area is 176 Å². The average molecular weight is 404 g/mol. The number of Topliss-reactive ketones (excluding diaryl/α,β-unsaturated/α-hetero) is 1. The van der Waals surface area contributed by atoms with Crippen molar-refractivity contribution in [2.24, 2.45) is 0 Å². The van der Waals surface area contributed by atoms with Crippen LogP contribution in [0.5, 0.6) is 0 Å². The highest BCUT2D eigenvalue weighted by Gasteiger charge is 2.29. The van der Waals surface area contributed by atoms with E-state index in [1.54, 1.807) is 11.9 Å². The van der Waals surface area contributed by atoms with Gasteiger partial charge in [0.1, 0.15) is 5.78 Å². The Morgan fingerprint density at radius 2 is 2.00 bits per heavy atom. The molecule has 3 aromatic rings. The fourth-order valence-electron chi connectivity index (χ4n) is 3.83. The third-order valence-corrected chi connectivity index (χ3v) is 6.27. The number of benzene rings is 2. The van der Waals surface area contributed by atoms with Gasteiger partial charge in [0.2, 0.25) is 0 Å². The van der Waals surface area contributed by atoms with Crippen molar-refractivity contribution in [3.8, 4) is 11.3 Å². The van der Waals surface area contributed by atoms with Gasteiger partial charge in [-0.1, -0.05) is 48.5 Å². The standard InChI is InChI=1S/C24H25N3OS/c1-2-18(26-29-20-11-4-3-5-12-20)9-8-10-19(28)15-23-21-13-6-7-14-22(21)24-16-25-17-27(23)24/h2-7,11-14,16-18,23,26H,1,8-10,15H2. The fraction of sp³-hybridized carbons (Fsp3) is 0.250. The van der Waals surface area contributed by atoms with E-state index in [-0.39, 0.29) is 12.1 Å². The Kier molecular flexibility index (Phi) is 6.27. The number of carbonyl (C=O) groups is 1. The maximum atomic E-state index is 12.7. The number of rotatable bonds is 10. The molecular weight excluding hydrogens is 378 g/mol. The molecule has 1 aliphatic heterocycles. The van der Waals surface area contributed by atoms with E-state index >= 15 is 0 Å². The van der Waals surface area contributed by atoms with E-state index in [0.717, 1.165) is 18.5 Å². The number of ketones is 1. The summed E-state index contributed by atoms with van der Waals surface area (Å²) in [5.74, 6) is 0.296. The first-order chi connectivity index (χ1) is 14.3. The molecule has 4 nitrogen and oxygen atoms in total. The van der Waals surface area contributed by atoms with Crippen LogP contribution in [0.15, 0.2) is 84.7 Å². The molecule has 29 heavy (non-hydrogen) atoms. The zero-order valence-electron chi connectivity index (χ0n) is 16.3. The lowest BCUT2D eigenvalue weighted by Crippen LogP contribution is -2.20. The molecule has 0 saturated carbocycles. The zero-order chi connectivity index (χ0) is 20.1. The summed E-state index contributed by atoms with van der Waals surface area (Å²) < 4.78 is 5.56. The SMILES string of the molecule is C=CC(CCCC(=O)CC1c2ccccc2-c2cncn21)NSc1ccccc1. The molecule has 2 unspecified atom stereocenters. The van der Waals surface area contributed by atoms with Gasteiger partial charge in [-0.2, -0.15) is 0 Å². The van der Waals surface area contributed by atoms with Gasteiger partial charge in [0, 0.05) is 29.3 Å². The van der Waals surface area contributed by atoms with Gasteiger partial charge >= 0.3 is 0 Å². The lowest BCUT2D eigenvalue weighted by Gasteiger charge is -2.15. The highest BCUT2D eigenvalue weighted by molar-refractivity contribution is 7.97. The number of fused-ring (bicyclic) bond motifs is 3. The number of hydrogen-bond acceptors (Lipinski definition) is 4. The topological polar surface area (TPSA) is 46.9 Å². The molecule has 0 amide bonds. The Balaban J connectivity index is 1.28. The van der Waals surface area contributed by atoms with Crippen molar-refractivity contribution < 1.29 is 4.79 Å². The maximum absolute atomic E-state index is 12.7. The van der Waals surface area contributed by atoms with Gasteiger partial charge < -0.3 is 4.57 Å². The Bertz CT molecular complexity index is 983. The van der Waals surface area contributed by atoms with Crippen molar-refractivity contribution in [3.63, 3.8) is 0 Å². The number of aromatic nitrogens is 2. The molecular formula is C24H25N3OS. The van der Waals surface area contributed by atoms with Crippen molar-refractivity contribution in [2.45, 2.75) is 42.7 Å². The molecule has 0 saturated heterocycles. The summed E-state index contributed by atoms with van der Waals surface area (Å²) in [5, 5.41) is 0. The van der Waals surface area contributed by atoms with Gasteiger partial charge in [0.25, 0.3) is 0 Å². The van der Waals surface area contributed by atoms with E-state index in [0.29, 0.717) is 18.6 Å². The van der Waals surface area contributed by atoms with Gasteiger partial charge in [-0.25, -0.2) is 4.98 Å². The van der Waals surface area contributed by atoms with Crippen LogP contribution in [-0.4, -0.2) is 21.4 Å². The van der Waals surface area contributed by atoms with Crippen LogP contribution in [0.3, 0.4) is 0 Å². The molecule has 2 heterocycles. The molecule has 1 aliphatic rings. The normalized spacial score (nSPS) is 15.5. The minimum Gasteiger partial charge on any atom is -0.323 e. The lowest BCUT2D eigenvalue weighted by molar-refractivity contribution is -0.119. The Morgan fingerprint density at radius 1 is 1.21 bits per heavy atom. The third-order valence-electron chi connectivity index (χ3n) is 5.35. The van der Waals surface area contributed by atoms with Crippen molar-refractivity contribution in [2.75, 3.05) is 0 Å². The van der Waals surface area contributed by atoms with Crippen LogP contribution in [0.4, 0.5) is 0 Å². The van der Waals surface area contributed by atoms with E-state index in [1.807, 2.05) is 48.9 Å². The highest BCUT2D eigenvalue weighted by atomic mass is 32.2. The molecule has 0 spiro atoms. The van der Waals surface area contributed by atoms with Crippen LogP contribution in [0.1, 0.15) is 37.3 Å². The third kappa shape index (κ3) is 4.52. The minimum atomic E-state index is 0.0677. The van der Waals surface area contributed by atoms with Gasteiger partial charge in [0.15, 0.2) is 0 Å². The van der Waals surface area contributed by atoms with Gasteiger partial charge in [0.05, 0.1) is 24.3 Å². The number of carbonyl (C=O) groups excluding carboxylic acids is 1. The second-order valence-electron chi connectivity index (χ2n) is 7.30. The monoisotopic (exact) mass is 403 g/mol. The van der Waals surface area contributed by atoms with Gasteiger partial charge in [-0.05, 0) is 42.5 Å². The summed E-state index contributed by atoms with van der Waals surface area (Å²) in [6, 6.07) is 18.8. The van der Waals surface area contributed by atoms with Gasteiger partial charge in [-0.3, -0.25) is 9.52 Å². The molecule has 5 heteroatoms. The van der Waals surface area contributed by atoms with E-state index in [2.05, 4.69) is 45.1 Å². The van der Waals surface area contributed by atoms with Crippen LogP contribution in [-0.2, 0) is 4.79 Å². The van der Waals surface area contributed by atoms with Crippen LogP contribution >= 0.6 is 11.9 Å². The molecule has 1 aromatic heterocycles. The predicted molar refractivity (Wildman–Crippen MR) is 119 cm³/mol. The largest absolute Gasteiger partial charge is 0.323 e. The Hall–Kier alpha value is -2.63. The molecule has 4 rings (SSSR count). The highest BCUT2D eigenvalue weighted by Crippen LogP contribution is 2.40. The number of imidazole rings is 1. The van der Waals surface area contributed by atoms with Crippen molar-refractivity contribution in [3.05, 3.63) is 85.3 Å². The lowest BCUT2D eigenvalue weighted by atomic mass is 9.97. The van der Waals surface area contributed by atoms with E-state index < -0.39 is 0 Å². The first-order valence-electron chi connectivity index (χ1n) is 9.99. The smallest absolute Gasteiger partial charge is 0.135 e. The maximum Gasteiger partial charge on any atom is 0.135 e. The first-order valence-corrected chi connectivity index (χ1v) is 10.8. The second kappa shape index (κ2) is 9.25. The van der Waals surface area contributed by atoms with Crippen molar-refractivity contribution >= 4 is 17.7 Å². The Morgan fingerprint density at radius 3 is 2.83 bits per heavy atom. The summed E-state index contributed by atoms with van der Waals surface area (Å²) in [7, 11) is 0. The van der Waals surface area contributed by atoms with Crippen molar-refractivity contribution in [1.29, 1.82) is 0 Å². The van der Waals surface area contributed by atoms with Crippen LogP contribution in [0.25, 0.3) is 11.3 Å². The molecule has 0 bridgehead atoms. The molecule has 2 aromatic carbocycles. The molecule has 148 valence electrons. The van der Waals surface area contributed by atoms with Gasteiger partial charge in [-0.15, -0.1) is 6.58 Å². The minimum absolute atomic E-state index is 0.0677. The summed E-state index contributed by atoms with van der Waals surface area (Å²) in [6.45, 7) is 3.93. The van der Waals surface area contributed by atoms with E-state index in [9.17, 15) is 4.79 Å². The quantitative estimate of drug-likeness (QED) is 0.362. The zero-order valence-corrected chi connectivity index (χ0v) is 17.1. The second-order valence-corrected chi connectivity index (χ2v) is 8.21. The molecule has 1 N–H and O–H groups in total. The summed E-state index contributed by atoms with van der Waals surface area (Å²) >= 11 is 1.61. The van der Waals surface area contributed by atoms with E-state index in [1.165, 1.54) is 16.0 Å². The van der Waals surface area contributed by atoms with Crippen LogP contribution < -0.4 is 4.72 Å². The fourth-order valence-corrected chi connectivity index (χ4v) is 4.63. The predicted octanol–water partition coefficient (Wildman–Crippen LogP) is 5.43. The summed E-state index contributed by atoms with van der Waals surface area (Å²) in [6.07, 6.45) is 8.50. The average Bonchev–Trinajstić information content (AvgIpc) is 3.34. The number of hydrogen-bond donors (Lipinski definition) is 1. The molecule has 0 radical (unpaired) electrons. The van der Waals surface area contributed by atoms with Crippen LogP contribution in [0.2, 0.25) is 0 Å². The molecule has 2 atom stereocenters. The molecule has 0 aliphatic carbocycles. The number of nitrogens with zero attached hydrogens (tertiary/aromatic N) is 2. The summed E-state index contributed by atoms with van der Waals surface area (Å²) in [5.41, 5.74) is 3.52. The van der Waals surface area contributed by atoms with E-state index in [4.69, 9.17) is 0 Å². The molecule has 0 fully saturated rings. The van der Waals surface area contributed by atoms with Crippen LogP contribution in [0, 0.1) is 0 Å². The summed E-state index contributed by atoms with van der Waals surface area (Å²) in [4.78, 5) is 18.1. The first kappa shape index (κ1) is 19.7.